The highest BCUT2D eigenvalue weighted by atomic mass is 16.6. The van der Waals surface area contributed by atoms with E-state index in [1.807, 2.05) is 0 Å². The molecule has 1 saturated heterocycles. The lowest BCUT2D eigenvalue weighted by Gasteiger charge is -2.39. The Morgan fingerprint density at radius 1 is 1.55 bits per heavy atom. The molecule has 2 atom stereocenters. The van der Waals surface area contributed by atoms with E-state index in [2.05, 4.69) is 11.8 Å². The van der Waals surface area contributed by atoms with Crippen molar-refractivity contribution in [2.45, 2.75) is 38.3 Å². The zero-order valence-electron chi connectivity index (χ0n) is 13.0. The topological polar surface area (TPSA) is 102 Å². The van der Waals surface area contributed by atoms with Gasteiger partial charge in [0.1, 0.15) is 0 Å². The van der Waals surface area contributed by atoms with Gasteiger partial charge < -0.3 is 15.6 Å². The van der Waals surface area contributed by atoms with Crippen LogP contribution in [0.5, 0.6) is 11.5 Å². The molecule has 122 valence electrons. The number of nitrogens with zero attached hydrogens (tertiary/aromatic N) is 2. The van der Waals surface area contributed by atoms with Crippen molar-refractivity contribution in [3.63, 3.8) is 0 Å². The summed E-state index contributed by atoms with van der Waals surface area (Å²) < 4.78 is 5.07. The van der Waals surface area contributed by atoms with Gasteiger partial charge in [-0.3, -0.25) is 15.0 Å². The van der Waals surface area contributed by atoms with Gasteiger partial charge in [-0.05, 0) is 37.9 Å². The average molecular weight is 309 g/mol. The summed E-state index contributed by atoms with van der Waals surface area (Å²) in [6.07, 6.45) is 3.37. The molecule has 0 aliphatic carbocycles. The third-order valence-corrected chi connectivity index (χ3v) is 4.36. The molecule has 0 aromatic heterocycles. The van der Waals surface area contributed by atoms with Crippen LogP contribution in [0.25, 0.3) is 0 Å². The lowest BCUT2D eigenvalue weighted by molar-refractivity contribution is -0.386. The standard InChI is InChI=1S/C15H23N3O4/c1-10-5-3-4-6-17(10)13(9-16)11-7-12(18(20)21)15(19)14(8-11)22-2/h7-8,10,13,19H,3-6,9,16H2,1-2H3. The molecular weight excluding hydrogens is 286 g/mol. The van der Waals surface area contributed by atoms with Gasteiger partial charge in [0.25, 0.3) is 0 Å². The van der Waals surface area contributed by atoms with Crippen molar-refractivity contribution in [1.29, 1.82) is 0 Å². The summed E-state index contributed by atoms with van der Waals surface area (Å²) in [6, 6.07) is 3.29. The first-order valence-electron chi connectivity index (χ1n) is 7.50. The largest absolute Gasteiger partial charge is 0.500 e. The number of nitro groups is 1. The number of aromatic hydroxyl groups is 1. The minimum Gasteiger partial charge on any atom is -0.500 e. The third-order valence-electron chi connectivity index (χ3n) is 4.36. The van der Waals surface area contributed by atoms with Crippen LogP contribution in [0, 0.1) is 10.1 Å². The molecule has 1 aliphatic rings. The predicted octanol–water partition coefficient (Wildman–Crippen LogP) is 2.18. The number of nitrogens with two attached hydrogens (primary N) is 1. The highest BCUT2D eigenvalue weighted by molar-refractivity contribution is 5.57. The minimum absolute atomic E-state index is 0.104. The van der Waals surface area contributed by atoms with E-state index in [0.29, 0.717) is 18.2 Å². The molecule has 2 rings (SSSR count). The second-order valence-corrected chi connectivity index (χ2v) is 5.68. The normalized spacial score (nSPS) is 20.6. The maximum Gasteiger partial charge on any atom is 0.314 e. The number of nitro benzene ring substituents is 1. The Bertz CT molecular complexity index is 550. The van der Waals surface area contributed by atoms with Gasteiger partial charge in [-0.25, -0.2) is 0 Å². The molecule has 1 fully saturated rings. The first kappa shape index (κ1) is 16.5. The van der Waals surface area contributed by atoms with Crippen molar-refractivity contribution in [3.05, 3.63) is 27.8 Å². The number of phenolic OH excluding ortho intramolecular Hbond substituents is 1. The molecule has 2 unspecified atom stereocenters. The Hall–Kier alpha value is -1.86. The van der Waals surface area contributed by atoms with Crippen LogP contribution in [-0.2, 0) is 0 Å². The molecule has 7 heteroatoms. The Balaban J connectivity index is 2.44. The van der Waals surface area contributed by atoms with E-state index in [1.165, 1.54) is 19.6 Å². The fourth-order valence-electron chi connectivity index (χ4n) is 3.15. The van der Waals surface area contributed by atoms with Crippen molar-refractivity contribution in [3.8, 4) is 11.5 Å². The molecule has 3 N–H and O–H groups in total. The van der Waals surface area contributed by atoms with E-state index in [9.17, 15) is 15.2 Å². The maximum atomic E-state index is 11.1. The lowest BCUT2D eigenvalue weighted by Crippen LogP contribution is -2.43. The summed E-state index contributed by atoms with van der Waals surface area (Å²) in [5.41, 5.74) is 6.30. The van der Waals surface area contributed by atoms with E-state index in [-0.39, 0.29) is 17.5 Å². The molecule has 0 spiro atoms. The number of piperidine rings is 1. The zero-order chi connectivity index (χ0) is 16.3. The highest BCUT2D eigenvalue weighted by Crippen LogP contribution is 2.40. The lowest BCUT2D eigenvalue weighted by atomic mass is 9.96. The number of ether oxygens (including phenoxy) is 1. The zero-order valence-corrected chi connectivity index (χ0v) is 13.0. The van der Waals surface area contributed by atoms with Crippen LogP contribution in [0.4, 0.5) is 5.69 Å². The van der Waals surface area contributed by atoms with Gasteiger partial charge in [0, 0.05) is 24.7 Å². The predicted molar refractivity (Wildman–Crippen MR) is 83.1 cm³/mol. The summed E-state index contributed by atoms with van der Waals surface area (Å²) in [7, 11) is 1.38. The third kappa shape index (κ3) is 3.15. The van der Waals surface area contributed by atoms with Gasteiger partial charge in [0.05, 0.1) is 12.0 Å². The molecule has 1 aromatic rings. The van der Waals surface area contributed by atoms with Gasteiger partial charge >= 0.3 is 5.69 Å². The van der Waals surface area contributed by atoms with Crippen molar-refractivity contribution >= 4 is 5.69 Å². The number of benzene rings is 1. The minimum atomic E-state index is -0.603. The van der Waals surface area contributed by atoms with Crippen LogP contribution in [0.2, 0.25) is 0 Å². The van der Waals surface area contributed by atoms with Crippen LogP contribution in [0.1, 0.15) is 37.8 Å². The number of hydrogen-bond acceptors (Lipinski definition) is 6. The maximum absolute atomic E-state index is 11.1. The van der Waals surface area contributed by atoms with Crippen molar-refractivity contribution in [2.24, 2.45) is 5.73 Å². The van der Waals surface area contributed by atoms with Gasteiger partial charge in [-0.15, -0.1) is 0 Å². The van der Waals surface area contributed by atoms with Gasteiger partial charge in [-0.1, -0.05) is 6.42 Å². The van der Waals surface area contributed by atoms with Crippen LogP contribution in [0.15, 0.2) is 12.1 Å². The van der Waals surface area contributed by atoms with Gasteiger partial charge in [-0.2, -0.15) is 0 Å². The number of hydrogen-bond donors (Lipinski definition) is 2. The van der Waals surface area contributed by atoms with Crippen LogP contribution in [-0.4, -0.2) is 41.2 Å². The molecule has 1 heterocycles. The Morgan fingerprint density at radius 2 is 2.27 bits per heavy atom. The Labute approximate surface area is 129 Å². The first-order chi connectivity index (χ1) is 10.5. The Kier molecular flexibility index (Phi) is 5.20. The fraction of sp³-hybridized carbons (Fsp3) is 0.600. The number of methoxy groups -OCH3 is 1. The van der Waals surface area contributed by atoms with Crippen molar-refractivity contribution in [2.75, 3.05) is 20.2 Å². The van der Waals surface area contributed by atoms with Gasteiger partial charge in [0.2, 0.25) is 5.75 Å². The second-order valence-electron chi connectivity index (χ2n) is 5.68. The molecule has 0 bridgehead atoms. The van der Waals surface area contributed by atoms with Crippen LogP contribution < -0.4 is 10.5 Å². The van der Waals surface area contributed by atoms with E-state index in [0.717, 1.165) is 19.4 Å². The molecule has 0 amide bonds. The first-order valence-corrected chi connectivity index (χ1v) is 7.50. The molecule has 1 aliphatic heterocycles. The van der Waals surface area contributed by atoms with E-state index < -0.39 is 10.7 Å². The van der Waals surface area contributed by atoms with Gasteiger partial charge in [0.15, 0.2) is 5.75 Å². The van der Waals surface area contributed by atoms with E-state index in [1.54, 1.807) is 6.07 Å². The summed E-state index contributed by atoms with van der Waals surface area (Å²) in [5.74, 6) is -0.342. The molecule has 0 saturated carbocycles. The van der Waals surface area contributed by atoms with E-state index >= 15 is 0 Å². The number of phenols is 1. The summed E-state index contributed by atoms with van der Waals surface area (Å²) in [5, 5.41) is 21.0. The van der Waals surface area contributed by atoms with E-state index in [4.69, 9.17) is 10.5 Å². The quantitative estimate of drug-likeness (QED) is 0.638. The highest BCUT2D eigenvalue weighted by Gasteiger charge is 2.29. The van der Waals surface area contributed by atoms with Crippen LogP contribution in [0.3, 0.4) is 0 Å². The Morgan fingerprint density at radius 3 is 2.82 bits per heavy atom. The van der Waals surface area contributed by atoms with Crippen molar-refractivity contribution in [1.82, 2.24) is 4.90 Å². The fourth-order valence-corrected chi connectivity index (χ4v) is 3.15. The summed E-state index contributed by atoms with van der Waals surface area (Å²) >= 11 is 0. The van der Waals surface area contributed by atoms with Crippen molar-refractivity contribution < 1.29 is 14.8 Å². The summed E-state index contributed by atoms with van der Waals surface area (Å²) in [4.78, 5) is 12.8. The summed E-state index contributed by atoms with van der Waals surface area (Å²) in [6.45, 7) is 3.42. The SMILES string of the molecule is COc1cc(C(CN)N2CCCCC2C)cc([N+](=O)[O-])c1O. The molecule has 7 nitrogen and oxygen atoms in total. The average Bonchev–Trinajstić information content (AvgIpc) is 2.50. The van der Waals surface area contributed by atoms with Crippen LogP contribution >= 0.6 is 0 Å². The number of rotatable bonds is 5. The number of likely N-dealkylation sites (tertiary alicyclic amines) is 1. The monoisotopic (exact) mass is 309 g/mol. The smallest absolute Gasteiger partial charge is 0.314 e. The molecule has 0 radical (unpaired) electrons. The second kappa shape index (κ2) is 6.93. The molecule has 1 aromatic carbocycles. The molecule has 22 heavy (non-hydrogen) atoms. The molecular formula is C15H23N3O4.